The maximum Gasteiger partial charge on any atom is 0.330 e. The quantitative estimate of drug-likeness (QED) is 0.296. The van der Waals surface area contributed by atoms with Gasteiger partial charge in [0.1, 0.15) is 6.23 Å². The number of aromatic nitrogens is 2. The molecule has 1 aromatic rings. The topological polar surface area (TPSA) is 185 Å². The molecule has 3 atom stereocenters. The van der Waals surface area contributed by atoms with Gasteiger partial charge in [-0.25, -0.2) is 4.79 Å². The molecule has 0 aliphatic carbocycles. The summed E-state index contributed by atoms with van der Waals surface area (Å²) in [5.74, 6) is 0. The van der Waals surface area contributed by atoms with Crippen LogP contribution in [-0.4, -0.2) is 28.3 Å². The van der Waals surface area contributed by atoms with E-state index in [1.807, 2.05) is 0 Å². The molecule has 0 saturated carbocycles. The van der Waals surface area contributed by atoms with E-state index in [0.29, 0.717) is 0 Å². The van der Waals surface area contributed by atoms with Crippen LogP contribution >= 0.6 is 7.82 Å². The molecule has 0 radical (unpaired) electrons. The molecule has 1 aliphatic heterocycles. The number of aromatic amines is 1. The van der Waals surface area contributed by atoms with E-state index >= 15 is 0 Å². The zero-order valence-corrected chi connectivity index (χ0v) is 12.7. The Hall–Kier alpha value is -1.94. The van der Waals surface area contributed by atoms with Gasteiger partial charge >= 0.3 is 5.69 Å². The predicted molar refractivity (Wildman–Crippen MR) is 71.1 cm³/mol. The molecule has 1 unspecified atom stereocenters. The number of H-pyrrole nitrogens is 1. The molecule has 0 bridgehead atoms. The standard InChI is InChI=1S/C10H14N5O7P/c1-5-3-15(10(17)12-9(5)16)8-2-6(13-14-11)7(22-8)4-21-23(18,19)20/h3,6-8H,2,4H2,1H3,(H,12,16,17)(H2,18,19,20)/p-2/t6?,7-,8-/m1/s1. The van der Waals surface area contributed by atoms with Gasteiger partial charge < -0.3 is 23.6 Å². The lowest BCUT2D eigenvalue weighted by molar-refractivity contribution is -0.343. The van der Waals surface area contributed by atoms with E-state index < -0.39 is 44.1 Å². The minimum Gasteiger partial charge on any atom is -0.790 e. The van der Waals surface area contributed by atoms with Gasteiger partial charge in [-0.1, -0.05) is 5.11 Å². The number of rotatable bonds is 5. The monoisotopic (exact) mass is 345 g/mol. The summed E-state index contributed by atoms with van der Waals surface area (Å²) in [5, 5.41) is 3.45. The fourth-order valence-corrected chi connectivity index (χ4v) is 2.52. The van der Waals surface area contributed by atoms with E-state index in [1.165, 1.54) is 13.1 Å². The molecule has 13 heteroatoms. The molecule has 2 heterocycles. The fraction of sp³-hybridized carbons (Fsp3) is 0.600. The van der Waals surface area contributed by atoms with Crippen molar-refractivity contribution in [3.05, 3.63) is 43.0 Å². The molecule has 1 saturated heterocycles. The van der Waals surface area contributed by atoms with E-state index in [9.17, 15) is 23.9 Å². The van der Waals surface area contributed by atoms with Crippen LogP contribution in [0.25, 0.3) is 10.4 Å². The van der Waals surface area contributed by atoms with Crippen molar-refractivity contribution >= 4 is 7.82 Å². The summed E-state index contributed by atoms with van der Waals surface area (Å²) < 4.78 is 21.2. The second kappa shape index (κ2) is 6.67. The lowest BCUT2D eigenvalue weighted by Crippen LogP contribution is -2.33. The Labute approximate surface area is 128 Å². The number of ether oxygens (including phenoxy) is 1. The van der Waals surface area contributed by atoms with E-state index in [-0.39, 0.29) is 12.0 Å². The molecule has 1 aromatic heterocycles. The molecular formula is C10H12N5O7P-2. The van der Waals surface area contributed by atoms with Crippen molar-refractivity contribution in [3.63, 3.8) is 0 Å². The summed E-state index contributed by atoms with van der Waals surface area (Å²) in [4.78, 5) is 49.0. The second-order valence-electron chi connectivity index (χ2n) is 4.86. The van der Waals surface area contributed by atoms with Gasteiger partial charge in [-0.3, -0.25) is 14.3 Å². The minimum atomic E-state index is -5.21. The van der Waals surface area contributed by atoms with E-state index in [2.05, 4.69) is 19.5 Å². The molecule has 126 valence electrons. The van der Waals surface area contributed by atoms with Gasteiger partial charge in [0.15, 0.2) is 0 Å². The van der Waals surface area contributed by atoms with E-state index in [1.54, 1.807) is 0 Å². The van der Waals surface area contributed by atoms with Crippen LogP contribution in [-0.2, 0) is 13.8 Å². The van der Waals surface area contributed by atoms with Gasteiger partial charge in [0, 0.05) is 23.1 Å². The van der Waals surface area contributed by atoms with Gasteiger partial charge in [-0.2, -0.15) is 0 Å². The lowest BCUT2D eigenvalue weighted by Gasteiger charge is -2.30. The number of nitrogens with one attached hydrogen (secondary N) is 1. The maximum atomic E-state index is 11.8. The molecular weight excluding hydrogens is 333 g/mol. The van der Waals surface area contributed by atoms with Crippen LogP contribution in [0.5, 0.6) is 0 Å². The summed E-state index contributed by atoms with van der Waals surface area (Å²) in [6.45, 7) is 0.849. The zero-order chi connectivity index (χ0) is 17.2. The summed E-state index contributed by atoms with van der Waals surface area (Å²) in [6, 6.07) is -0.837. The van der Waals surface area contributed by atoms with Crippen LogP contribution < -0.4 is 21.0 Å². The highest BCUT2D eigenvalue weighted by molar-refractivity contribution is 7.43. The van der Waals surface area contributed by atoms with Crippen LogP contribution in [0.2, 0.25) is 0 Å². The highest BCUT2D eigenvalue weighted by Crippen LogP contribution is 2.33. The smallest absolute Gasteiger partial charge is 0.330 e. The van der Waals surface area contributed by atoms with Crippen LogP contribution in [0, 0.1) is 6.92 Å². The summed E-state index contributed by atoms with van der Waals surface area (Å²) in [5.41, 5.74) is 7.51. The van der Waals surface area contributed by atoms with Gasteiger partial charge in [0.05, 0.1) is 26.6 Å². The molecule has 2 rings (SSSR count). The molecule has 0 aromatic carbocycles. The summed E-state index contributed by atoms with van der Waals surface area (Å²) in [7, 11) is -5.21. The predicted octanol–water partition coefficient (Wildman–Crippen LogP) is -1.34. The Bertz CT molecular complexity index is 792. The SMILES string of the molecule is Cc1cn([C@H]2CC(N=[N+]=[N-])[C@@H](COP(=O)([O-])[O-])O2)c(=O)[nH]c1=O. The van der Waals surface area contributed by atoms with Gasteiger partial charge in [0.25, 0.3) is 5.56 Å². The zero-order valence-electron chi connectivity index (χ0n) is 11.8. The normalized spacial score (nSPS) is 24.4. The number of aryl methyl sites for hydroxylation is 1. The van der Waals surface area contributed by atoms with Crippen molar-refractivity contribution in [2.24, 2.45) is 5.11 Å². The number of hydrogen-bond donors (Lipinski definition) is 1. The first-order valence-corrected chi connectivity index (χ1v) is 7.85. The van der Waals surface area contributed by atoms with Crippen molar-refractivity contribution < 1.29 is 23.6 Å². The highest BCUT2D eigenvalue weighted by atomic mass is 31.2. The average molecular weight is 345 g/mol. The number of nitrogens with zero attached hydrogens (tertiary/aromatic N) is 4. The Morgan fingerprint density at radius 2 is 2.30 bits per heavy atom. The van der Waals surface area contributed by atoms with Crippen LogP contribution in [0.4, 0.5) is 0 Å². The molecule has 1 N–H and O–H groups in total. The van der Waals surface area contributed by atoms with Crippen LogP contribution in [0.15, 0.2) is 20.9 Å². The highest BCUT2D eigenvalue weighted by Gasteiger charge is 2.36. The molecule has 12 nitrogen and oxygen atoms in total. The van der Waals surface area contributed by atoms with Crippen LogP contribution in [0.1, 0.15) is 18.2 Å². The first kappa shape index (κ1) is 17.4. The third-order valence-electron chi connectivity index (χ3n) is 3.26. The largest absolute Gasteiger partial charge is 0.790 e. The van der Waals surface area contributed by atoms with Crippen LogP contribution in [0.3, 0.4) is 0 Å². The Morgan fingerprint density at radius 1 is 1.61 bits per heavy atom. The van der Waals surface area contributed by atoms with Gasteiger partial charge in [-0.15, -0.1) is 0 Å². The first-order chi connectivity index (χ1) is 10.7. The minimum absolute atomic E-state index is 0.0471. The second-order valence-corrected chi connectivity index (χ2v) is 6.01. The molecule has 23 heavy (non-hydrogen) atoms. The van der Waals surface area contributed by atoms with Crippen molar-refractivity contribution in [3.8, 4) is 0 Å². The lowest BCUT2D eigenvalue weighted by atomic mass is 10.1. The maximum absolute atomic E-state index is 11.8. The van der Waals surface area contributed by atoms with E-state index in [0.717, 1.165) is 4.57 Å². The Balaban J connectivity index is 2.24. The van der Waals surface area contributed by atoms with Crippen molar-refractivity contribution in [1.29, 1.82) is 0 Å². The Morgan fingerprint density at radius 3 is 2.91 bits per heavy atom. The molecule has 0 spiro atoms. The van der Waals surface area contributed by atoms with Crippen molar-refractivity contribution in [2.75, 3.05) is 6.61 Å². The molecule has 1 aliphatic rings. The average Bonchev–Trinajstić information content (AvgIpc) is 2.83. The molecule has 0 amide bonds. The fourth-order valence-electron chi connectivity index (χ4n) is 2.19. The first-order valence-electron chi connectivity index (χ1n) is 6.39. The summed E-state index contributed by atoms with van der Waals surface area (Å²) in [6.07, 6.45) is -0.606. The third kappa shape index (κ3) is 4.29. The number of hydrogen-bond acceptors (Lipinski definition) is 8. The van der Waals surface area contributed by atoms with E-state index in [4.69, 9.17) is 10.3 Å². The number of azide groups is 1. The Kier molecular flexibility index (Phi) is 5.05. The van der Waals surface area contributed by atoms with Crippen molar-refractivity contribution in [1.82, 2.24) is 9.55 Å². The number of phosphoric acid groups is 1. The van der Waals surface area contributed by atoms with Crippen molar-refractivity contribution in [2.45, 2.75) is 31.7 Å². The summed E-state index contributed by atoms with van der Waals surface area (Å²) >= 11 is 0. The van der Waals surface area contributed by atoms with Gasteiger partial charge in [-0.05, 0) is 12.5 Å². The third-order valence-corrected chi connectivity index (χ3v) is 3.72. The van der Waals surface area contributed by atoms with Gasteiger partial charge in [0.2, 0.25) is 0 Å². The molecule has 1 fully saturated rings. The number of phosphoric ester groups is 1.